The molecule has 2 aliphatic rings. The van der Waals surface area contributed by atoms with Crippen LogP contribution in [0.25, 0.3) is 0 Å². The molecule has 1 saturated carbocycles. The molecular formula is C20H24N4. The number of anilines is 1. The second-order valence-corrected chi connectivity index (χ2v) is 7.11. The number of nitrogens with zero attached hydrogens (tertiary/aromatic N) is 3. The van der Waals surface area contributed by atoms with Crippen LogP contribution in [-0.2, 0) is 6.42 Å². The Kier molecular flexibility index (Phi) is 4.05. The number of aromatic nitrogens is 2. The van der Waals surface area contributed by atoms with Gasteiger partial charge < -0.3 is 5.73 Å². The van der Waals surface area contributed by atoms with E-state index in [4.69, 9.17) is 10.7 Å². The van der Waals surface area contributed by atoms with Gasteiger partial charge in [-0.2, -0.15) is 0 Å². The first kappa shape index (κ1) is 15.3. The molecule has 1 aromatic heterocycles. The molecule has 0 spiro atoms. The van der Waals surface area contributed by atoms with Crippen LogP contribution in [0, 0.1) is 5.92 Å². The van der Waals surface area contributed by atoms with Crippen LogP contribution >= 0.6 is 0 Å². The summed E-state index contributed by atoms with van der Waals surface area (Å²) in [7, 11) is 0. The fraction of sp³-hybridized carbons (Fsp3) is 0.450. The quantitative estimate of drug-likeness (QED) is 0.891. The van der Waals surface area contributed by atoms with Gasteiger partial charge in [-0.25, -0.2) is 15.0 Å². The van der Waals surface area contributed by atoms with Gasteiger partial charge in [0.1, 0.15) is 12.0 Å². The number of fused-ring (bicyclic) bond motifs is 1. The number of hydrogen-bond donors (Lipinski definition) is 1. The Labute approximate surface area is 143 Å². The maximum Gasteiger partial charge on any atom is 0.153 e. The van der Waals surface area contributed by atoms with Gasteiger partial charge in [0.25, 0.3) is 0 Å². The molecule has 1 aromatic carbocycles. The molecule has 124 valence electrons. The minimum Gasteiger partial charge on any atom is -0.382 e. The van der Waals surface area contributed by atoms with Crippen molar-refractivity contribution in [2.24, 2.45) is 10.9 Å². The number of aliphatic imine (C=N–C) groups is 1. The summed E-state index contributed by atoms with van der Waals surface area (Å²) in [6.07, 6.45) is 9.19. The zero-order valence-corrected chi connectivity index (χ0v) is 14.2. The smallest absolute Gasteiger partial charge is 0.153 e. The van der Waals surface area contributed by atoms with Gasteiger partial charge in [-0.3, -0.25) is 0 Å². The number of benzene rings is 1. The van der Waals surface area contributed by atoms with Gasteiger partial charge >= 0.3 is 0 Å². The first-order valence-corrected chi connectivity index (χ1v) is 9.00. The zero-order chi connectivity index (χ0) is 16.5. The van der Waals surface area contributed by atoms with E-state index >= 15 is 0 Å². The van der Waals surface area contributed by atoms with E-state index in [0.29, 0.717) is 11.7 Å². The summed E-state index contributed by atoms with van der Waals surface area (Å²) in [6.45, 7) is 2.20. The molecule has 2 heterocycles. The molecule has 0 bridgehead atoms. The van der Waals surface area contributed by atoms with Gasteiger partial charge in [-0.05, 0) is 29.9 Å². The van der Waals surface area contributed by atoms with Crippen molar-refractivity contribution >= 4 is 17.2 Å². The summed E-state index contributed by atoms with van der Waals surface area (Å²) in [6, 6.07) is 9.04. The van der Waals surface area contributed by atoms with Crippen LogP contribution < -0.4 is 5.73 Å². The van der Waals surface area contributed by atoms with Crippen LogP contribution in [0.1, 0.15) is 61.8 Å². The molecule has 2 N–H and O–H groups in total. The molecule has 1 unspecified atom stereocenters. The third-order valence-electron chi connectivity index (χ3n) is 5.41. The Balaban J connectivity index is 1.64. The summed E-state index contributed by atoms with van der Waals surface area (Å²) < 4.78 is 0. The molecule has 1 atom stereocenters. The van der Waals surface area contributed by atoms with Gasteiger partial charge in [0.15, 0.2) is 5.82 Å². The molecular weight excluding hydrogens is 296 g/mol. The van der Waals surface area contributed by atoms with Crippen molar-refractivity contribution < 1.29 is 0 Å². The molecule has 4 heteroatoms. The number of hydrogen-bond acceptors (Lipinski definition) is 4. The lowest BCUT2D eigenvalue weighted by atomic mass is 9.83. The van der Waals surface area contributed by atoms with E-state index in [-0.39, 0.29) is 0 Å². The van der Waals surface area contributed by atoms with Crippen molar-refractivity contribution in [1.29, 1.82) is 0 Å². The van der Waals surface area contributed by atoms with E-state index in [1.807, 2.05) is 0 Å². The van der Waals surface area contributed by atoms with E-state index in [9.17, 15) is 0 Å². The van der Waals surface area contributed by atoms with Gasteiger partial charge in [0, 0.05) is 12.3 Å². The van der Waals surface area contributed by atoms with Crippen molar-refractivity contribution in [2.75, 3.05) is 5.73 Å². The summed E-state index contributed by atoms with van der Waals surface area (Å²) in [5.41, 5.74) is 11.5. The van der Waals surface area contributed by atoms with Gasteiger partial charge in [-0.1, -0.05) is 50.5 Å². The minimum absolute atomic E-state index is 0.340. The fourth-order valence-electron chi connectivity index (χ4n) is 4.03. The molecule has 0 amide bonds. The van der Waals surface area contributed by atoms with Crippen molar-refractivity contribution in [3.05, 3.63) is 47.4 Å². The molecule has 0 saturated heterocycles. The molecule has 4 nitrogen and oxygen atoms in total. The molecule has 1 aliphatic heterocycles. The topological polar surface area (TPSA) is 64.2 Å². The van der Waals surface area contributed by atoms with E-state index in [2.05, 4.69) is 41.2 Å². The number of nitrogen functional groups attached to an aromatic ring is 1. The van der Waals surface area contributed by atoms with Crippen LogP contribution in [-0.4, -0.2) is 15.7 Å². The van der Waals surface area contributed by atoms with Crippen LogP contribution in [0.3, 0.4) is 0 Å². The first-order valence-electron chi connectivity index (χ1n) is 9.00. The third kappa shape index (κ3) is 2.81. The largest absolute Gasteiger partial charge is 0.382 e. The average Bonchev–Trinajstić information content (AvgIpc) is 2.62. The lowest BCUT2D eigenvalue weighted by Gasteiger charge is -2.24. The number of nitrogens with two attached hydrogens (primary N) is 1. The molecule has 1 aliphatic carbocycles. The highest BCUT2D eigenvalue weighted by molar-refractivity contribution is 6.05. The predicted octanol–water partition coefficient (Wildman–Crippen LogP) is 4.42. The summed E-state index contributed by atoms with van der Waals surface area (Å²) in [4.78, 5) is 13.2. The number of rotatable bonds is 2. The monoisotopic (exact) mass is 320 g/mol. The van der Waals surface area contributed by atoms with E-state index in [1.54, 1.807) is 0 Å². The van der Waals surface area contributed by atoms with Crippen LogP contribution in [0.4, 0.5) is 11.5 Å². The Bertz CT molecular complexity index is 758. The maximum absolute atomic E-state index is 5.99. The highest BCUT2D eigenvalue weighted by atomic mass is 15.0. The normalized spacial score (nSPS) is 21.2. The zero-order valence-electron chi connectivity index (χ0n) is 14.2. The lowest BCUT2D eigenvalue weighted by Crippen LogP contribution is -2.20. The van der Waals surface area contributed by atoms with Crippen molar-refractivity contribution in [2.45, 2.75) is 51.4 Å². The Morgan fingerprint density at radius 3 is 2.50 bits per heavy atom. The molecule has 1 fully saturated rings. The highest BCUT2D eigenvalue weighted by Gasteiger charge is 2.24. The summed E-state index contributed by atoms with van der Waals surface area (Å²) in [5, 5.41) is 0. The fourth-order valence-corrected chi connectivity index (χ4v) is 4.03. The van der Waals surface area contributed by atoms with Crippen LogP contribution in [0.5, 0.6) is 0 Å². The Hall–Kier alpha value is -2.23. The SMILES string of the molecule is CC1Cc2ncnc(N)c2N=C1c1ccc(C2CCCCC2)cc1. The van der Waals surface area contributed by atoms with E-state index in [0.717, 1.165) is 29.4 Å². The van der Waals surface area contributed by atoms with Crippen molar-refractivity contribution in [3.63, 3.8) is 0 Å². The van der Waals surface area contributed by atoms with Gasteiger partial charge in [0.05, 0.1) is 11.4 Å². The van der Waals surface area contributed by atoms with Crippen LogP contribution in [0.15, 0.2) is 35.6 Å². The lowest BCUT2D eigenvalue weighted by molar-refractivity contribution is 0.443. The summed E-state index contributed by atoms with van der Waals surface area (Å²) in [5.74, 6) is 1.55. The van der Waals surface area contributed by atoms with E-state index < -0.39 is 0 Å². The second kappa shape index (κ2) is 6.34. The van der Waals surface area contributed by atoms with Gasteiger partial charge in [-0.15, -0.1) is 0 Å². The third-order valence-corrected chi connectivity index (χ3v) is 5.41. The average molecular weight is 320 g/mol. The second-order valence-electron chi connectivity index (χ2n) is 7.11. The van der Waals surface area contributed by atoms with Crippen molar-refractivity contribution in [1.82, 2.24) is 9.97 Å². The Morgan fingerprint density at radius 2 is 1.75 bits per heavy atom. The molecule has 2 aromatic rings. The standard InChI is InChI=1S/C20H24N4/c1-13-11-17-19(20(21)23-12-22-17)24-18(13)16-9-7-15(8-10-16)14-5-3-2-4-6-14/h7-10,12-14H,2-6,11H2,1H3,(H2,21,22,23). The summed E-state index contributed by atoms with van der Waals surface area (Å²) >= 11 is 0. The van der Waals surface area contributed by atoms with Crippen molar-refractivity contribution in [3.8, 4) is 0 Å². The Morgan fingerprint density at radius 1 is 1.00 bits per heavy atom. The highest BCUT2D eigenvalue weighted by Crippen LogP contribution is 2.35. The molecule has 24 heavy (non-hydrogen) atoms. The molecule has 4 rings (SSSR count). The molecule has 0 radical (unpaired) electrons. The van der Waals surface area contributed by atoms with Gasteiger partial charge in [0.2, 0.25) is 0 Å². The van der Waals surface area contributed by atoms with E-state index in [1.165, 1.54) is 49.6 Å². The predicted molar refractivity (Wildman–Crippen MR) is 97.8 cm³/mol. The first-order chi connectivity index (χ1) is 11.7. The minimum atomic E-state index is 0.340. The van der Waals surface area contributed by atoms with Crippen LogP contribution in [0.2, 0.25) is 0 Å². The maximum atomic E-state index is 5.99.